The molecule has 45 heavy (non-hydrogen) atoms. The number of nitrogens with zero attached hydrogens (tertiary/aromatic N) is 6. The Hall–Kier alpha value is -3.21. The zero-order valence-corrected chi connectivity index (χ0v) is 29.4. The van der Waals surface area contributed by atoms with Gasteiger partial charge in [-0.3, -0.25) is 20.6 Å². The van der Waals surface area contributed by atoms with E-state index in [1.54, 1.807) is 0 Å². The fourth-order valence-corrected chi connectivity index (χ4v) is 4.52. The second-order valence-electron chi connectivity index (χ2n) is 10.1. The monoisotopic (exact) mass is 680 g/mol. The van der Waals surface area contributed by atoms with Crippen LogP contribution in [0.5, 0.6) is 0 Å². The van der Waals surface area contributed by atoms with Crippen molar-refractivity contribution in [3.63, 3.8) is 0 Å². The number of nitrogens with one attached hydrogen (secondary N) is 2. The predicted molar refractivity (Wildman–Crippen MR) is 196 cm³/mol. The molecule has 2 aromatic rings. The van der Waals surface area contributed by atoms with Gasteiger partial charge in [0, 0.05) is 49.3 Å². The average molecular weight is 682 g/mol. The van der Waals surface area contributed by atoms with Gasteiger partial charge in [0.1, 0.15) is 0 Å². The molecule has 0 fully saturated rings. The Balaban J connectivity index is 0.0000101. The molecular weight excluding hydrogens is 631 g/mol. The fraction of sp³-hybridized carbons (Fsp3) is 0.500. The van der Waals surface area contributed by atoms with Crippen molar-refractivity contribution >= 4 is 59.4 Å². The van der Waals surface area contributed by atoms with Crippen LogP contribution < -0.4 is 22.1 Å². The number of rotatable bonds is 15. The number of guanidine groups is 4. The molecule has 0 aromatic heterocycles. The highest BCUT2D eigenvalue weighted by atomic mass is 35.5. The van der Waals surface area contributed by atoms with E-state index in [0.717, 1.165) is 74.9 Å². The predicted octanol–water partition coefficient (Wildman–Crippen LogP) is 5.88. The van der Waals surface area contributed by atoms with E-state index in [2.05, 4.69) is 58.1 Å². The maximum Gasteiger partial charge on any atom is 0.200 e. The summed E-state index contributed by atoms with van der Waals surface area (Å²) in [5.41, 5.74) is 14.5. The van der Waals surface area contributed by atoms with Crippen molar-refractivity contribution in [3.8, 4) is 0 Å². The van der Waals surface area contributed by atoms with Crippen molar-refractivity contribution in [3.05, 3.63) is 69.7 Å². The summed E-state index contributed by atoms with van der Waals surface area (Å²) in [5.74, 6) is 2.19. The number of nitrogens with two attached hydrogens (primary N) is 2. The molecule has 250 valence electrons. The van der Waals surface area contributed by atoms with Gasteiger partial charge in [-0.05, 0) is 75.9 Å². The van der Waals surface area contributed by atoms with Crippen molar-refractivity contribution in [1.82, 2.24) is 20.4 Å². The molecule has 6 N–H and O–H groups in total. The van der Waals surface area contributed by atoms with Gasteiger partial charge in [0.2, 0.25) is 11.9 Å². The van der Waals surface area contributed by atoms with Crippen molar-refractivity contribution in [1.29, 1.82) is 0 Å². The summed E-state index contributed by atoms with van der Waals surface area (Å²) in [6, 6.07) is 15.2. The third-order valence-electron chi connectivity index (χ3n) is 6.89. The molecule has 0 atom stereocenters. The molecule has 0 radical (unpaired) electrons. The first-order valence-electron chi connectivity index (χ1n) is 15.5. The minimum atomic E-state index is 0. The second-order valence-corrected chi connectivity index (χ2v) is 10.9. The summed E-state index contributed by atoms with van der Waals surface area (Å²) in [7, 11) is 0. The Morgan fingerprint density at radius 3 is 1.22 bits per heavy atom. The van der Waals surface area contributed by atoms with Crippen molar-refractivity contribution < 1.29 is 0 Å². The van der Waals surface area contributed by atoms with Gasteiger partial charge < -0.3 is 21.3 Å². The minimum absolute atomic E-state index is 0. The lowest BCUT2D eigenvalue weighted by molar-refractivity contribution is 0.451. The highest BCUT2D eigenvalue weighted by molar-refractivity contribution is 6.30. The SMILES string of the molecule is CCN(CC)C(=NCCCCCCN=C(NC(N)=NCc1ccc(Cl)cc1)N(CC)CC)NC(N)=NCc1ccc(Cl)cc1.Cl. The van der Waals surface area contributed by atoms with E-state index in [4.69, 9.17) is 44.7 Å². The van der Waals surface area contributed by atoms with Gasteiger partial charge in [-0.25, -0.2) is 9.98 Å². The Morgan fingerprint density at radius 2 is 0.911 bits per heavy atom. The van der Waals surface area contributed by atoms with Crippen LogP contribution in [0.15, 0.2) is 68.5 Å². The molecule has 0 heterocycles. The zero-order chi connectivity index (χ0) is 32.2. The van der Waals surface area contributed by atoms with Crippen molar-refractivity contribution in [2.75, 3.05) is 39.3 Å². The molecule has 2 rings (SSSR count). The third kappa shape index (κ3) is 16.1. The van der Waals surface area contributed by atoms with Crippen molar-refractivity contribution in [2.45, 2.75) is 66.5 Å². The standard InChI is InChI=1S/C32H50Cl2N10.ClH/c1-5-43(6-2)31(41-29(35)39-23-25-13-17-27(33)18-14-25)37-21-11-9-10-12-22-38-32(44(7-3)8-4)42-30(36)40-24-26-15-19-28(34)20-16-26;/h13-20H,5-12,21-24H2,1-4H3,(H3,35,37,39,41)(H3,36,38,40,42);1H. The van der Waals surface area contributed by atoms with Gasteiger partial charge >= 0.3 is 0 Å². The van der Waals surface area contributed by atoms with Crippen LogP contribution in [-0.2, 0) is 13.1 Å². The fourth-order valence-electron chi connectivity index (χ4n) is 4.27. The molecule has 0 spiro atoms. The molecular formula is C32H51Cl3N10. The van der Waals surface area contributed by atoms with Gasteiger partial charge in [0.05, 0.1) is 13.1 Å². The molecule has 10 nitrogen and oxygen atoms in total. The van der Waals surface area contributed by atoms with Crippen LogP contribution in [0.25, 0.3) is 0 Å². The van der Waals surface area contributed by atoms with Gasteiger partial charge in [-0.2, -0.15) is 0 Å². The maximum atomic E-state index is 6.19. The number of aliphatic imine (C=N–C) groups is 4. The number of hydrogen-bond acceptors (Lipinski definition) is 4. The summed E-state index contributed by atoms with van der Waals surface area (Å²) in [5, 5.41) is 7.81. The highest BCUT2D eigenvalue weighted by Gasteiger charge is 2.10. The topological polar surface area (TPSA) is 132 Å². The molecule has 2 aromatic carbocycles. The molecule has 0 saturated carbocycles. The number of hydrogen-bond donors (Lipinski definition) is 4. The summed E-state index contributed by atoms with van der Waals surface area (Å²) < 4.78 is 0. The van der Waals surface area contributed by atoms with E-state index >= 15 is 0 Å². The number of unbranched alkanes of at least 4 members (excludes halogenated alkanes) is 3. The minimum Gasteiger partial charge on any atom is -0.370 e. The first kappa shape index (κ1) is 39.8. The third-order valence-corrected chi connectivity index (χ3v) is 7.39. The Kier molecular flexibility index (Phi) is 20.5. The van der Waals surface area contributed by atoms with Gasteiger partial charge in [0.25, 0.3) is 0 Å². The largest absolute Gasteiger partial charge is 0.370 e. The van der Waals surface area contributed by atoms with Crippen LogP contribution in [0.2, 0.25) is 10.0 Å². The van der Waals surface area contributed by atoms with E-state index in [0.29, 0.717) is 48.1 Å². The first-order chi connectivity index (χ1) is 21.3. The van der Waals surface area contributed by atoms with Gasteiger partial charge in [0.15, 0.2) is 11.9 Å². The van der Waals surface area contributed by atoms with Gasteiger partial charge in [-0.1, -0.05) is 60.3 Å². The Bertz CT molecular complexity index is 1110. The molecule has 0 aliphatic rings. The van der Waals surface area contributed by atoms with Crippen LogP contribution in [0.4, 0.5) is 0 Å². The number of halogens is 3. The molecule has 0 bridgehead atoms. The van der Waals surface area contributed by atoms with E-state index in [1.807, 2.05) is 48.5 Å². The van der Waals surface area contributed by atoms with Crippen molar-refractivity contribution in [2.24, 2.45) is 31.4 Å². The van der Waals surface area contributed by atoms with Crippen LogP contribution in [0, 0.1) is 0 Å². The molecule has 0 aliphatic heterocycles. The summed E-state index contributed by atoms with van der Waals surface area (Å²) in [4.78, 5) is 22.9. The van der Waals surface area contributed by atoms with Crippen LogP contribution in [0.1, 0.15) is 64.5 Å². The molecule has 0 saturated heterocycles. The van der Waals surface area contributed by atoms with E-state index in [-0.39, 0.29) is 12.4 Å². The second kappa shape index (κ2) is 23.2. The highest BCUT2D eigenvalue weighted by Crippen LogP contribution is 2.11. The van der Waals surface area contributed by atoms with E-state index in [9.17, 15) is 0 Å². The molecule has 0 amide bonds. The number of benzene rings is 2. The lowest BCUT2D eigenvalue weighted by Crippen LogP contribution is -2.47. The van der Waals surface area contributed by atoms with Crippen LogP contribution in [0.3, 0.4) is 0 Å². The first-order valence-corrected chi connectivity index (χ1v) is 16.3. The summed E-state index contributed by atoms with van der Waals surface area (Å²) >= 11 is 11.9. The Morgan fingerprint density at radius 1 is 0.578 bits per heavy atom. The van der Waals surface area contributed by atoms with Crippen LogP contribution in [-0.4, -0.2) is 72.9 Å². The Labute approximate surface area is 285 Å². The van der Waals surface area contributed by atoms with E-state index in [1.165, 1.54) is 0 Å². The molecule has 13 heteroatoms. The van der Waals surface area contributed by atoms with Crippen LogP contribution >= 0.6 is 35.6 Å². The lowest BCUT2D eigenvalue weighted by Gasteiger charge is -2.23. The molecule has 0 unspecified atom stereocenters. The summed E-state index contributed by atoms with van der Waals surface area (Å²) in [6.45, 7) is 14.1. The quantitative estimate of drug-likeness (QED) is 0.106. The normalized spacial score (nSPS) is 12.5. The van der Waals surface area contributed by atoms with Gasteiger partial charge in [-0.15, -0.1) is 12.4 Å². The lowest BCUT2D eigenvalue weighted by atomic mass is 10.2. The smallest absolute Gasteiger partial charge is 0.200 e. The maximum absolute atomic E-state index is 6.19. The summed E-state index contributed by atoms with van der Waals surface area (Å²) in [6.07, 6.45) is 4.07. The zero-order valence-electron chi connectivity index (χ0n) is 27.1. The van der Waals surface area contributed by atoms with E-state index < -0.39 is 0 Å². The average Bonchev–Trinajstić information content (AvgIpc) is 3.02. The molecule has 0 aliphatic carbocycles.